The largest absolute Gasteiger partial charge is 0.497 e. The molecule has 0 aliphatic carbocycles. The van der Waals surface area contributed by atoms with Gasteiger partial charge in [0.15, 0.2) is 0 Å². The molecule has 0 aliphatic rings. The third-order valence-corrected chi connectivity index (χ3v) is 8.66. The summed E-state index contributed by atoms with van der Waals surface area (Å²) in [6, 6.07) is 20.5. The van der Waals surface area contributed by atoms with E-state index in [0.717, 1.165) is 16.3 Å². The van der Waals surface area contributed by atoms with Crippen LogP contribution >= 0.6 is 11.6 Å². The standard InChI is InChI=1S/C30H36ClN3O5S/c1-5-22(3)32-30(36)28(6-2)33(20-23-12-16-26(39-4)17-13-23)29(35)21-34(25-10-8-7-9-11-25)40(37,38)27-18-14-24(31)15-19-27/h7-19,22,28H,5-6,20-21H2,1-4H3,(H,32,36). The van der Waals surface area contributed by atoms with Gasteiger partial charge in [0.1, 0.15) is 18.3 Å². The van der Waals surface area contributed by atoms with Gasteiger partial charge in [-0.15, -0.1) is 0 Å². The van der Waals surface area contributed by atoms with Crippen LogP contribution in [0.3, 0.4) is 0 Å². The molecule has 214 valence electrons. The van der Waals surface area contributed by atoms with E-state index in [1.165, 1.54) is 29.2 Å². The van der Waals surface area contributed by atoms with Crippen LogP contribution in [0.25, 0.3) is 0 Å². The Morgan fingerprint density at radius 1 is 0.925 bits per heavy atom. The summed E-state index contributed by atoms with van der Waals surface area (Å²) in [5, 5.41) is 3.36. The van der Waals surface area contributed by atoms with Gasteiger partial charge < -0.3 is 15.0 Å². The monoisotopic (exact) mass is 585 g/mol. The topological polar surface area (TPSA) is 96.0 Å². The Bertz CT molecular complexity index is 1370. The Morgan fingerprint density at radius 2 is 1.55 bits per heavy atom. The van der Waals surface area contributed by atoms with Crippen molar-refractivity contribution >= 4 is 39.1 Å². The number of ether oxygens (including phenoxy) is 1. The number of hydrogen-bond donors (Lipinski definition) is 1. The van der Waals surface area contributed by atoms with Crippen molar-refractivity contribution in [2.75, 3.05) is 18.0 Å². The van der Waals surface area contributed by atoms with Crippen LogP contribution in [0.2, 0.25) is 5.02 Å². The number of amides is 2. The van der Waals surface area contributed by atoms with Crippen LogP contribution < -0.4 is 14.4 Å². The summed E-state index contributed by atoms with van der Waals surface area (Å²) in [5.41, 5.74) is 1.10. The van der Waals surface area contributed by atoms with Gasteiger partial charge in [-0.1, -0.05) is 55.8 Å². The van der Waals surface area contributed by atoms with E-state index in [2.05, 4.69) is 5.32 Å². The molecule has 0 aromatic heterocycles. The van der Waals surface area contributed by atoms with Crippen molar-refractivity contribution in [2.45, 2.75) is 57.1 Å². The smallest absolute Gasteiger partial charge is 0.264 e. The highest BCUT2D eigenvalue weighted by atomic mass is 35.5. The molecular formula is C30H36ClN3O5S. The zero-order chi connectivity index (χ0) is 29.3. The second-order valence-electron chi connectivity index (χ2n) is 9.41. The Balaban J connectivity index is 2.02. The molecule has 1 N–H and O–H groups in total. The molecule has 2 amide bonds. The van der Waals surface area contributed by atoms with Gasteiger partial charge in [-0.3, -0.25) is 13.9 Å². The van der Waals surface area contributed by atoms with Gasteiger partial charge in [0.05, 0.1) is 17.7 Å². The van der Waals surface area contributed by atoms with Crippen LogP contribution in [-0.2, 0) is 26.2 Å². The highest BCUT2D eigenvalue weighted by Crippen LogP contribution is 2.26. The fourth-order valence-electron chi connectivity index (χ4n) is 4.15. The first-order chi connectivity index (χ1) is 19.1. The predicted molar refractivity (Wildman–Crippen MR) is 158 cm³/mol. The molecule has 3 rings (SSSR count). The lowest BCUT2D eigenvalue weighted by molar-refractivity contribution is -0.140. The lowest BCUT2D eigenvalue weighted by atomic mass is 10.1. The summed E-state index contributed by atoms with van der Waals surface area (Å²) in [4.78, 5) is 28.8. The SMILES string of the molecule is CCC(C)NC(=O)C(CC)N(Cc1ccc(OC)cc1)C(=O)CN(c1ccccc1)S(=O)(=O)c1ccc(Cl)cc1. The zero-order valence-corrected chi connectivity index (χ0v) is 24.8. The third kappa shape index (κ3) is 7.76. The molecule has 0 aliphatic heterocycles. The number of nitrogens with one attached hydrogen (secondary N) is 1. The first kappa shape index (κ1) is 31.0. The molecule has 0 fully saturated rings. The van der Waals surface area contributed by atoms with Crippen molar-refractivity contribution in [1.29, 1.82) is 0 Å². The van der Waals surface area contributed by atoms with E-state index in [1.807, 2.05) is 32.9 Å². The van der Waals surface area contributed by atoms with Gasteiger partial charge >= 0.3 is 0 Å². The average Bonchev–Trinajstić information content (AvgIpc) is 2.96. The van der Waals surface area contributed by atoms with Crippen molar-refractivity contribution in [3.8, 4) is 5.75 Å². The summed E-state index contributed by atoms with van der Waals surface area (Å²) < 4.78 is 33.9. The number of methoxy groups -OCH3 is 1. The van der Waals surface area contributed by atoms with Crippen LogP contribution in [0.5, 0.6) is 5.75 Å². The molecule has 0 radical (unpaired) electrons. The zero-order valence-electron chi connectivity index (χ0n) is 23.2. The van der Waals surface area contributed by atoms with Gasteiger partial charge in [-0.05, 0) is 73.9 Å². The summed E-state index contributed by atoms with van der Waals surface area (Å²) in [7, 11) is -2.58. The molecule has 8 nitrogen and oxygen atoms in total. The molecule has 0 saturated heterocycles. The first-order valence-electron chi connectivity index (χ1n) is 13.2. The van der Waals surface area contributed by atoms with E-state index in [9.17, 15) is 18.0 Å². The number of nitrogens with zero attached hydrogens (tertiary/aromatic N) is 2. The van der Waals surface area contributed by atoms with Crippen molar-refractivity contribution in [1.82, 2.24) is 10.2 Å². The molecule has 2 atom stereocenters. The predicted octanol–water partition coefficient (Wildman–Crippen LogP) is 5.27. The number of rotatable bonds is 13. The van der Waals surface area contributed by atoms with Crippen molar-refractivity contribution in [2.24, 2.45) is 0 Å². The second kappa shape index (κ2) is 14.2. The minimum Gasteiger partial charge on any atom is -0.497 e. The van der Waals surface area contributed by atoms with E-state index in [4.69, 9.17) is 16.3 Å². The van der Waals surface area contributed by atoms with Crippen molar-refractivity contribution in [3.05, 3.63) is 89.4 Å². The molecule has 2 unspecified atom stereocenters. The Kier molecular flexibility index (Phi) is 11.0. The highest BCUT2D eigenvalue weighted by molar-refractivity contribution is 7.92. The van der Waals surface area contributed by atoms with Gasteiger partial charge in [0.25, 0.3) is 10.0 Å². The normalized spacial score (nSPS) is 12.7. The number of halogens is 1. The van der Waals surface area contributed by atoms with Crippen LogP contribution in [0.4, 0.5) is 5.69 Å². The first-order valence-corrected chi connectivity index (χ1v) is 15.0. The number of carbonyl (C=O) groups excluding carboxylic acids is 2. The molecule has 0 spiro atoms. The average molecular weight is 586 g/mol. The second-order valence-corrected chi connectivity index (χ2v) is 11.7. The molecular weight excluding hydrogens is 550 g/mol. The Hall–Kier alpha value is -3.56. The van der Waals surface area contributed by atoms with Crippen molar-refractivity contribution in [3.63, 3.8) is 0 Å². The van der Waals surface area contributed by atoms with E-state index >= 15 is 0 Å². The van der Waals surface area contributed by atoms with Crippen LogP contribution in [-0.4, -0.2) is 50.9 Å². The minimum atomic E-state index is -4.15. The molecule has 0 bridgehead atoms. The van der Waals surface area contributed by atoms with Gasteiger partial charge in [-0.2, -0.15) is 0 Å². The third-order valence-electron chi connectivity index (χ3n) is 6.62. The van der Waals surface area contributed by atoms with Crippen molar-refractivity contribution < 1.29 is 22.7 Å². The van der Waals surface area contributed by atoms with Gasteiger partial charge in [0.2, 0.25) is 11.8 Å². The number of hydrogen-bond acceptors (Lipinski definition) is 5. The lowest BCUT2D eigenvalue weighted by Crippen LogP contribution is -2.53. The Labute approximate surface area is 241 Å². The van der Waals surface area contributed by atoms with Crippen LogP contribution in [0.1, 0.15) is 39.2 Å². The molecule has 0 saturated carbocycles. The quantitative estimate of drug-likeness (QED) is 0.295. The number of para-hydroxylation sites is 1. The minimum absolute atomic E-state index is 0.00295. The fraction of sp³-hybridized carbons (Fsp3) is 0.333. The number of anilines is 1. The number of benzene rings is 3. The van der Waals surface area contributed by atoms with E-state index in [1.54, 1.807) is 49.6 Å². The summed E-state index contributed by atoms with van der Waals surface area (Å²) in [6.07, 6.45) is 1.08. The maximum absolute atomic E-state index is 14.0. The molecule has 10 heteroatoms. The molecule has 0 heterocycles. The van der Waals surface area contributed by atoms with Gasteiger partial charge in [-0.25, -0.2) is 8.42 Å². The van der Waals surface area contributed by atoms with E-state index in [-0.39, 0.29) is 23.4 Å². The molecule has 40 heavy (non-hydrogen) atoms. The van der Waals surface area contributed by atoms with Gasteiger partial charge in [0, 0.05) is 17.6 Å². The van der Waals surface area contributed by atoms with E-state index < -0.39 is 28.5 Å². The number of carbonyl (C=O) groups is 2. The maximum Gasteiger partial charge on any atom is 0.264 e. The summed E-state index contributed by atoms with van der Waals surface area (Å²) in [6.45, 7) is 5.30. The fourth-order valence-corrected chi connectivity index (χ4v) is 5.69. The number of sulfonamides is 1. The molecule has 3 aromatic rings. The Morgan fingerprint density at radius 3 is 2.10 bits per heavy atom. The summed E-state index contributed by atoms with van der Waals surface area (Å²) >= 11 is 5.99. The van der Waals surface area contributed by atoms with Crippen LogP contribution in [0.15, 0.2) is 83.8 Å². The lowest BCUT2D eigenvalue weighted by Gasteiger charge is -2.33. The molecule has 3 aromatic carbocycles. The van der Waals surface area contributed by atoms with E-state index in [0.29, 0.717) is 22.9 Å². The van der Waals surface area contributed by atoms with Crippen LogP contribution in [0, 0.1) is 0 Å². The maximum atomic E-state index is 14.0. The highest BCUT2D eigenvalue weighted by Gasteiger charge is 2.34. The summed E-state index contributed by atoms with van der Waals surface area (Å²) in [5.74, 6) is -0.138.